The first kappa shape index (κ1) is 14.3. The zero-order valence-corrected chi connectivity index (χ0v) is 13.4. The van der Waals surface area contributed by atoms with Crippen molar-refractivity contribution in [3.63, 3.8) is 0 Å². The minimum absolute atomic E-state index is 0.549. The van der Waals surface area contributed by atoms with Gasteiger partial charge < -0.3 is 10.6 Å². The highest BCUT2D eigenvalue weighted by molar-refractivity contribution is 9.10. The van der Waals surface area contributed by atoms with Gasteiger partial charge in [-0.15, -0.1) is 0 Å². The first-order chi connectivity index (χ1) is 9.04. The topological polar surface area (TPSA) is 24.1 Å². The van der Waals surface area contributed by atoms with E-state index in [-0.39, 0.29) is 0 Å². The van der Waals surface area contributed by atoms with Gasteiger partial charge in [-0.05, 0) is 67.2 Å². The Hall–Kier alpha value is -1.10. The van der Waals surface area contributed by atoms with Crippen molar-refractivity contribution >= 4 is 56.2 Å². The maximum atomic E-state index is 5.92. The Morgan fingerprint density at radius 1 is 1.11 bits per heavy atom. The van der Waals surface area contributed by atoms with Gasteiger partial charge >= 0.3 is 0 Å². The lowest BCUT2D eigenvalue weighted by Crippen LogP contribution is -2.19. The van der Waals surface area contributed by atoms with Crippen LogP contribution in [0.5, 0.6) is 0 Å². The van der Waals surface area contributed by atoms with Crippen LogP contribution in [0.4, 0.5) is 11.4 Å². The molecule has 0 spiro atoms. The van der Waals surface area contributed by atoms with E-state index in [0.29, 0.717) is 5.11 Å². The van der Waals surface area contributed by atoms with E-state index in [1.807, 2.05) is 49.4 Å². The Morgan fingerprint density at radius 3 is 2.42 bits per heavy atom. The molecule has 0 aromatic heterocycles. The van der Waals surface area contributed by atoms with Crippen molar-refractivity contribution in [1.29, 1.82) is 0 Å². The van der Waals surface area contributed by atoms with Crippen molar-refractivity contribution in [2.24, 2.45) is 0 Å². The maximum absolute atomic E-state index is 5.92. The Balaban J connectivity index is 2.03. The molecule has 98 valence electrons. The monoisotopic (exact) mass is 354 g/mol. The molecule has 0 bridgehead atoms. The van der Waals surface area contributed by atoms with Crippen LogP contribution in [0.1, 0.15) is 5.56 Å². The summed E-state index contributed by atoms with van der Waals surface area (Å²) in [5.41, 5.74) is 2.93. The molecule has 2 aromatic rings. The van der Waals surface area contributed by atoms with Crippen molar-refractivity contribution in [2.45, 2.75) is 6.92 Å². The number of hydrogen-bond acceptors (Lipinski definition) is 1. The summed E-state index contributed by atoms with van der Waals surface area (Å²) in [5.74, 6) is 0. The summed E-state index contributed by atoms with van der Waals surface area (Å²) >= 11 is 14.6. The van der Waals surface area contributed by atoms with Gasteiger partial charge in [-0.2, -0.15) is 0 Å². The number of hydrogen-bond donors (Lipinski definition) is 2. The lowest BCUT2D eigenvalue weighted by atomic mass is 10.2. The molecule has 2 nitrogen and oxygen atoms in total. The standard InChI is InChI=1S/C14H12BrClN2S/c1-9-8-11(16)4-7-13(9)18-14(19)17-12-5-2-10(15)3-6-12/h2-8H,1H3,(H2,17,18,19). The van der Waals surface area contributed by atoms with Crippen LogP contribution in [-0.4, -0.2) is 5.11 Å². The summed E-state index contributed by atoms with van der Waals surface area (Å²) in [6.07, 6.45) is 0. The number of benzene rings is 2. The van der Waals surface area contributed by atoms with Gasteiger partial charge in [-0.25, -0.2) is 0 Å². The van der Waals surface area contributed by atoms with Gasteiger partial charge in [-0.1, -0.05) is 27.5 Å². The summed E-state index contributed by atoms with van der Waals surface area (Å²) in [7, 11) is 0. The van der Waals surface area contributed by atoms with Crippen LogP contribution in [0.2, 0.25) is 5.02 Å². The minimum atomic E-state index is 0.549. The van der Waals surface area contributed by atoms with Crippen LogP contribution >= 0.6 is 39.7 Å². The molecule has 0 unspecified atom stereocenters. The zero-order chi connectivity index (χ0) is 13.8. The number of halogens is 2. The van der Waals surface area contributed by atoms with Gasteiger partial charge in [0.25, 0.3) is 0 Å². The van der Waals surface area contributed by atoms with E-state index in [1.165, 1.54) is 0 Å². The second-order valence-corrected chi connectivity index (χ2v) is 5.81. The fourth-order valence-corrected chi connectivity index (χ4v) is 2.30. The normalized spacial score (nSPS) is 10.1. The number of thiocarbonyl (C=S) groups is 1. The van der Waals surface area contributed by atoms with Crippen LogP contribution < -0.4 is 10.6 Å². The zero-order valence-electron chi connectivity index (χ0n) is 10.2. The molecule has 19 heavy (non-hydrogen) atoms. The molecule has 0 fully saturated rings. The lowest BCUT2D eigenvalue weighted by Gasteiger charge is -2.12. The fourth-order valence-electron chi connectivity index (χ4n) is 1.59. The van der Waals surface area contributed by atoms with Crippen molar-refractivity contribution in [2.75, 3.05) is 10.6 Å². The van der Waals surface area contributed by atoms with E-state index < -0.39 is 0 Å². The number of nitrogens with one attached hydrogen (secondary N) is 2. The largest absolute Gasteiger partial charge is 0.332 e. The summed E-state index contributed by atoms with van der Waals surface area (Å²) in [6, 6.07) is 13.5. The van der Waals surface area contributed by atoms with Gasteiger partial charge in [-0.3, -0.25) is 0 Å². The lowest BCUT2D eigenvalue weighted by molar-refractivity contribution is 1.45. The molecule has 0 amide bonds. The van der Waals surface area contributed by atoms with Gasteiger partial charge in [0.15, 0.2) is 5.11 Å². The second-order valence-electron chi connectivity index (χ2n) is 4.05. The molecule has 2 rings (SSSR count). The molecule has 2 N–H and O–H groups in total. The predicted octanol–water partition coefficient (Wildman–Crippen LogP) is 5.22. The van der Waals surface area contributed by atoms with Crippen LogP contribution in [-0.2, 0) is 0 Å². The van der Waals surface area contributed by atoms with E-state index in [9.17, 15) is 0 Å². The molecule has 0 atom stereocenters. The Kier molecular flexibility index (Phi) is 4.80. The molecule has 0 saturated heterocycles. The molecule has 2 aromatic carbocycles. The Labute approximate surface area is 131 Å². The highest BCUT2D eigenvalue weighted by Crippen LogP contribution is 2.20. The van der Waals surface area contributed by atoms with E-state index in [0.717, 1.165) is 26.4 Å². The SMILES string of the molecule is Cc1cc(Cl)ccc1NC(=S)Nc1ccc(Br)cc1. The summed E-state index contributed by atoms with van der Waals surface area (Å²) in [4.78, 5) is 0. The number of rotatable bonds is 2. The number of aryl methyl sites for hydroxylation is 1. The van der Waals surface area contributed by atoms with E-state index in [4.69, 9.17) is 23.8 Å². The molecule has 0 aliphatic rings. The van der Waals surface area contributed by atoms with Crippen molar-refractivity contribution in [3.8, 4) is 0 Å². The quantitative estimate of drug-likeness (QED) is 0.722. The molecular weight excluding hydrogens is 344 g/mol. The van der Waals surface area contributed by atoms with Crippen molar-refractivity contribution < 1.29 is 0 Å². The summed E-state index contributed by atoms with van der Waals surface area (Å²) < 4.78 is 1.03. The highest BCUT2D eigenvalue weighted by atomic mass is 79.9. The molecule has 0 aliphatic carbocycles. The van der Waals surface area contributed by atoms with E-state index in [2.05, 4.69) is 26.6 Å². The third kappa shape index (κ3) is 4.20. The van der Waals surface area contributed by atoms with E-state index >= 15 is 0 Å². The molecular formula is C14H12BrClN2S. The van der Waals surface area contributed by atoms with Gasteiger partial charge in [0.2, 0.25) is 0 Å². The predicted molar refractivity (Wildman–Crippen MR) is 90.2 cm³/mol. The molecule has 5 heteroatoms. The highest BCUT2D eigenvalue weighted by Gasteiger charge is 2.02. The van der Waals surface area contributed by atoms with Crippen molar-refractivity contribution in [1.82, 2.24) is 0 Å². The third-order valence-electron chi connectivity index (χ3n) is 2.54. The fraction of sp³-hybridized carbons (Fsp3) is 0.0714. The van der Waals surface area contributed by atoms with Gasteiger partial charge in [0.1, 0.15) is 0 Å². The van der Waals surface area contributed by atoms with Crippen molar-refractivity contribution in [3.05, 3.63) is 57.5 Å². The summed E-state index contributed by atoms with van der Waals surface area (Å²) in [6.45, 7) is 1.98. The number of anilines is 2. The second kappa shape index (κ2) is 6.37. The smallest absolute Gasteiger partial charge is 0.175 e. The first-order valence-electron chi connectivity index (χ1n) is 5.64. The summed E-state index contributed by atoms with van der Waals surface area (Å²) in [5, 5.41) is 7.54. The maximum Gasteiger partial charge on any atom is 0.175 e. The Bertz CT molecular complexity index is 599. The first-order valence-corrected chi connectivity index (χ1v) is 7.22. The van der Waals surface area contributed by atoms with Crippen LogP contribution in [0.25, 0.3) is 0 Å². The molecule has 0 aliphatic heterocycles. The van der Waals surface area contributed by atoms with Crippen LogP contribution in [0, 0.1) is 6.92 Å². The molecule has 0 heterocycles. The van der Waals surface area contributed by atoms with Crippen LogP contribution in [0.15, 0.2) is 46.9 Å². The molecule has 0 radical (unpaired) electrons. The van der Waals surface area contributed by atoms with Gasteiger partial charge in [0, 0.05) is 20.9 Å². The third-order valence-corrected chi connectivity index (χ3v) is 3.51. The minimum Gasteiger partial charge on any atom is -0.332 e. The average molecular weight is 356 g/mol. The van der Waals surface area contributed by atoms with Gasteiger partial charge in [0.05, 0.1) is 0 Å². The van der Waals surface area contributed by atoms with Crippen LogP contribution in [0.3, 0.4) is 0 Å². The van der Waals surface area contributed by atoms with E-state index in [1.54, 1.807) is 0 Å². The Morgan fingerprint density at radius 2 is 1.79 bits per heavy atom. The average Bonchev–Trinajstić information content (AvgIpc) is 2.36. The molecule has 0 saturated carbocycles.